The van der Waals surface area contributed by atoms with E-state index in [1.807, 2.05) is 0 Å². The Bertz CT molecular complexity index is 1070. The van der Waals surface area contributed by atoms with Gasteiger partial charge in [-0.2, -0.15) is 0 Å². The lowest BCUT2D eigenvalue weighted by atomic mass is 9.43. The Balaban J connectivity index is 1.43. The van der Waals surface area contributed by atoms with Gasteiger partial charge in [-0.15, -0.1) is 18.5 Å². The van der Waals surface area contributed by atoms with Crippen LogP contribution in [0, 0.1) is 35.5 Å². The van der Waals surface area contributed by atoms with Crippen molar-refractivity contribution in [2.45, 2.75) is 68.4 Å². The van der Waals surface area contributed by atoms with Crippen LogP contribution in [0.5, 0.6) is 0 Å². The van der Waals surface area contributed by atoms with Gasteiger partial charge in [-0.1, -0.05) is 42.5 Å². The van der Waals surface area contributed by atoms with Crippen molar-refractivity contribution >= 4 is 18.5 Å². The van der Waals surface area contributed by atoms with Crippen molar-refractivity contribution in [3.8, 4) is 11.1 Å². The van der Waals surface area contributed by atoms with Gasteiger partial charge in [0.05, 0.1) is 0 Å². The molecule has 0 spiro atoms. The highest BCUT2D eigenvalue weighted by Gasteiger charge is 2.59. The third-order valence-corrected chi connectivity index (χ3v) is 13.9. The fraction of sp³-hybridized carbons (Fsp3) is 0.647. The number of nitrogens with one attached hydrogen (secondary N) is 2. The number of benzene rings is 2. The van der Waals surface area contributed by atoms with E-state index < -0.39 is 0 Å². The van der Waals surface area contributed by atoms with Gasteiger partial charge in [-0.25, -0.2) is 0 Å². The molecule has 6 aliphatic rings. The minimum atomic E-state index is 0.0997. The van der Waals surface area contributed by atoms with Gasteiger partial charge in [0.25, 0.3) is 0 Å². The molecule has 4 atom stereocenters. The summed E-state index contributed by atoms with van der Waals surface area (Å²) in [5, 5.41) is 7.76. The molecule has 2 N–H and O–H groups in total. The van der Waals surface area contributed by atoms with E-state index in [-0.39, 0.29) is 5.16 Å². The number of rotatable bonds is 6. The van der Waals surface area contributed by atoms with Gasteiger partial charge in [0.1, 0.15) is 0 Å². The lowest BCUT2D eigenvalue weighted by molar-refractivity contribution is -0.0508. The molecule has 2 aliphatic heterocycles. The van der Waals surface area contributed by atoms with E-state index in [1.54, 1.807) is 11.1 Å². The summed E-state index contributed by atoms with van der Waals surface area (Å²) >= 11 is 0. The maximum absolute atomic E-state index is 3.83. The van der Waals surface area contributed by atoms with Gasteiger partial charge in [-0.3, -0.25) is 0 Å². The molecule has 6 fully saturated rings. The molecule has 2 heterocycles. The molecule has 4 aliphatic carbocycles. The van der Waals surface area contributed by atoms with E-state index in [0.29, 0.717) is 17.3 Å². The molecule has 0 aromatic heterocycles. The van der Waals surface area contributed by atoms with E-state index in [4.69, 9.17) is 0 Å². The van der Waals surface area contributed by atoms with Gasteiger partial charge in [0, 0.05) is 10.6 Å². The topological polar surface area (TPSA) is 24.1 Å². The average molecular weight is 547 g/mol. The van der Waals surface area contributed by atoms with Gasteiger partial charge >= 0.3 is 0 Å². The molecular weight excluding hydrogens is 498 g/mol. The third kappa shape index (κ3) is 4.19. The first-order chi connectivity index (χ1) is 18.6. The SMILES string of the molecule is PCC1(c2ccc(-c3ccccc3)cc2C(P)(C2CCCNC2)C2CCCNC2)C2CC3CC(C2)CC1C3. The maximum atomic E-state index is 3.83. The Hall–Kier alpha value is -0.780. The predicted molar refractivity (Wildman–Crippen MR) is 168 cm³/mol. The quantitative estimate of drug-likeness (QED) is 0.382. The molecule has 38 heavy (non-hydrogen) atoms. The highest BCUT2D eigenvalue weighted by Crippen LogP contribution is 2.65. The van der Waals surface area contributed by atoms with Crippen LogP contribution >= 0.6 is 18.5 Å². The van der Waals surface area contributed by atoms with E-state index in [9.17, 15) is 0 Å². The van der Waals surface area contributed by atoms with Crippen molar-refractivity contribution in [2.75, 3.05) is 32.3 Å². The zero-order valence-electron chi connectivity index (χ0n) is 23.1. The van der Waals surface area contributed by atoms with Crippen molar-refractivity contribution in [2.24, 2.45) is 35.5 Å². The smallest absolute Gasteiger partial charge is 0.0181 e. The summed E-state index contributed by atoms with van der Waals surface area (Å²) in [5.74, 6) is 5.05. The number of hydrogen-bond acceptors (Lipinski definition) is 2. The summed E-state index contributed by atoms with van der Waals surface area (Å²) in [6.45, 7) is 4.67. The predicted octanol–water partition coefficient (Wildman–Crippen LogP) is 6.99. The first-order valence-electron chi connectivity index (χ1n) is 15.7. The second kappa shape index (κ2) is 10.6. The fourth-order valence-corrected chi connectivity index (χ4v) is 12.0. The summed E-state index contributed by atoms with van der Waals surface area (Å²) in [5.41, 5.74) is 6.54. The molecule has 2 aromatic rings. The van der Waals surface area contributed by atoms with Crippen molar-refractivity contribution in [1.29, 1.82) is 0 Å². The molecule has 4 heteroatoms. The number of hydrogen-bond donors (Lipinski definition) is 2. The maximum Gasteiger partial charge on any atom is 0.0181 e. The second-order valence-corrected chi connectivity index (χ2v) is 15.1. The monoisotopic (exact) mass is 546 g/mol. The van der Waals surface area contributed by atoms with Gasteiger partial charge in [0.2, 0.25) is 0 Å². The molecule has 2 aromatic carbocycles. The van der Waals surface area contributed by atoms with Crippen LogP contribution in [0.2, 0.25) is 0 Å². The van der Waals surface area contributed by atoms with Crippen LogP contribution in [-0.4, -0.2) is 32.3 Å². The Labute approximate surface area is 235 Å². The van der Waals surface area contributed by atoms with Crippen molar-refractivity contribution in [1.82, 2.24) is 10.6 Å². The summed E-state index contributed by atoms with van der Waals surface area (Å²) in [6, 6.07) is 19.0. The highest BCUT2D eigenvalue weighted by molar-refractivity contribution is 7.18. The molecule has 4 unspecified atom stereocenters. The van der Waals surface area contributed by atoms with Crippen LogP contribution in [-0.2, 0) is 10.6 Å². The van der Waals surface area contributed by atoms with Crippen LogP contribution in [0.15, 0.2) is 48.5 Å². The van der Waals surface area contributed by atoms with Gasteiger partial charge in [-0.05, 0) is 154 Å². The lowest BCUT2D eigenvalue weighted by Gasteiger charge is -2.63. The van der Waals surface area contributed by atoms with Crippen LogP contribution in [0.25, 0.3) is 11.1 Å². The molecule has 204 valence electrons. The standard InChI is InChI=1S/C34H48N2P2/c37-22-33(29-15-23-14-24(17-29)18-30(33)16-23)31-11-10-26(25-6-2-1-3-7-25)19-32(31)34(38,27-8-4-12-35-20-27)28-9-5-13-36-21-28/h1-3,6-7,10-11,19,23-24,27-30,35-36H,4-5,8-9,12-18,20-22,37-38H2. The Morgan fingerprint density at radius 1 is 0.763 bits per heavy atom. The first kappa shape index (κ1) is 26.1. The average Bonchev–Trinajstić information content (AvgIpc) is 2.98. The Kier molecular flexibility index (Phi) is 7.27. The molecule has 2 saturated heterocycles. The molecule has 0 amide bonds. The largest absolute Gasteiger partial charge is 0.316 e. The zero-order chi connectivity index (χ0) is 25.7. The minimum absolute atomic E-state index is 0.0997. The minimum Gasteiger partial charge on any atom is -0.316 e. The normalized spacial score (nSPS) is 38.2. The Morgan fingerprint density at radius 2 is 1.37 bits per heavy atom. The lowest BCUT2D eigenvalue weighted by Crippen LogP contribution is -2.58. The second-order valence-electron chi connectivity index (χ2n) is 13.7. The van der Waals surface area contributed by atoms with Gasteiger partial charge < -0.3 is 10.6 Å². The van der Waals surface area contributed by atoms with E-state index in [0.717, 1.165) is 36.8 Å². The number of piperidine rings is 2. The van der Waals surface area contributed by atoms with Crippen LogP contribution in [0.1, 0.15) is 68.9 Å². The molecular formula is C34H48N2P2. The molecule has 4 bridgehead atoms. The summed E-state index contributed by atoms with van der Waals surface area (Å²) < 4.78 is 0. The fourth-order valence-electron chi connectivity index (χ4n) is 10.3. The first-order valence-corrected chi connectivity index (χ1v) is 17.1. The highest BCUT2D eigenvalue weighted by atomic mass is 31.0. The molecule has 2 nitrogen and oxygen atoms in total. The summed E-state index contributed by atoms with van der Waals surface area (Å²) in [6.07, 6.45) is 13.9. The molecule has 0 radical (unpaired) electrons. The van der Waals surface area contributed by atoms with Crippen molar-refractivity contribution < 1.29 is 0 Å². The Morgan fingerprint density at radius 3 is 1.89 bits per heavy atom. The molecule has 8 rings (SSSR count). The third-order valence-electron chi connectivity index (χ3n) is 12.0. The van der Waals surface area contributed by atoms with E-state index in [2.05, 4.69) is 77.6 Å². The zero-order valence-corrected chi connectivity index (χ0v) is 25.4. The van der Waals surface area contributed by atoms with Crippen LogP contribution in [0.4, 0.5) is 0 Å². The molecule has 4 saturated carbocycles. The van der Waals surface area contributed by atoms with E-state index >= 15 is 0 Å². The van der Waals surface area contributed by atoms with Gasteiger partial charge in [0.15, 0.2) is 0 Å². The van der Waals surface area contributed by atoms with E-state index in [1.165, 1.54) is 88.2 Å². The van der Waals surface area contributed by atoms with Crippen molar-refractivity contribution in [3.05, 3.63) is 59.7 Å². The van der Waals surface area contributed by atoms with Crippen LogP contribution < -0.4 is 10.6 Å². The summed E-state index contributed by atoms with van der Waals surface area (Å²) in [4.78, 5) is 0. The summed E-state index contributed by atoms with van der Waals surface area (Å²) in [7, 11) is 6.89. The van der Waals surface area contributed by atoms with Crippen LogP contribution in [0.3, 0.4) is 0 Å². The van der Waals surface area contributed by atoms with Crippen molar-refractivity contribution in [3.63, 3.8) is 0 Å².